The van der Waals surface area contributed by atoms with E-state index < -0.39 is 0 Å². The zero-order chi connectivity index (χ0) is 10.6. The molecule has 0 fully saturated rings. The first-order valence-electron chi connectivity index (χ1n) is 3.90. The van der Waals surface area contributed by atoms with Crippen LogP contribution in [0.1, 0.15) is 0 Å². The highest BCUT2D eigenvalue weighted by molar-refractivity contribution is 7.07. The van der Waals surface area contributed by atoms with E-state index in [-0.39, 0.29) is 0 Å². The molecule has 0 saturated carbocycles. The van der Waals surface area contributed by atoms with Crippen LogP contribution in [-0.4, -0.2) is 0 Å². The van der Waals surface area contributed by atoms with Gasteiger partial charge in [0.1, 0.15) is 0 Å². The Balaban J connectivity index is 0.000000213. The number of benzene rings is 1. The Hall–Kier alpha value is -0.870. The lowest BCUT2D eigenvalue weighted by atomic mass is 10.4. The van der Waals surface area contributed by atoms with Crippen LogP contribution in [0.4, 0.5) is 0 Å². The minimum absolute atomic E-state index is 0.794. The third-order valence-corrected chi connectivity index (χ3v) is 2.04. The van der Waals surface area contributed by atoms with E-state index in [2.05, 4.69) is 11.7 Å². The molecule has 0 unspecified atom stereocenters. The number of halogens is 1. The van der Waals surface area contributed by atoms with Crippen molar-refractivity contribution in [3.63, 3.8) is 0 Å². The van der Waals surface area contributed by atoms with E-state index in [0.29, 0.717) is 0 Å². The maximum Gasteiger partial charge on any atom is 0.0405 e. The van der Waals surface area contributed by atoms with E-state index >= 15 is 0 Å². The molecular formula is C10H13ClN2S. The molecule has 0 aliphatic carbocycles. The lowest BCUT2D eigenvalue weighted by molar-refractivity contribution is 1.26. The van der Waals surface area contributed by atoms with Gasteiger partial charge in [-0.2, -0.15) is 11.3 Å². The first kappa shape index (κ1) is 13.1. The molecule has 1 heterocycles. The fourth-order valence-electron chi connectivity index (χ4n) is 0.641. The van der Waals surface area contributed by atoms with Crippen LogP contribution < -0.4 is 11.7 Å². The van der Waals surface area contributed by atoms with Gasteiger partial charge in [0.2, 0.25) is 0 Å². The highest BCUT2D eigenvalue weighted by atomic mass is 35.5. The summed E-state index contributed by atoms with van der Waals surface area (Å²) in [6.45, 7) is 0. The SMILES string of the molecule is Clc1ccccc1.NN.c1ccsc1. The molecule has 2 aromatic rings. The summed E-state index contributed by atoms with van der Waals surface area (Å²) in [6.07, 6.45) is 0. The Bertz CT molecular complexity index is 267. The van der Waals surface area contributed by atoms with Crippen LogP contribution in [0.3, 0.4) is 0 Å². The lowest BCUT2D eigenvalue weighted by Crippen LogP contribution is -2.02. The van der Waals surface area contributed by atoms with Gasteiger partial charge in [0.25, 0.3) is 0 Å². The summed E-state index contributed by atoms with van der Waals surface area (Å²) < 4.78 is 0. The number of hydrogen-bond donors (Lipinski definition) is 2. The Labute approximate surface area is 93.1 Å². The predicted octanol–water partition coefficient (Wildman–Crippen LogP) is 2.91. The first-order chi connectivity index (χ1) is 6.89. The van der Waals surface area contributed by atoms with Gasteiger partial charge in [-0.1, -0.05) is 41.9 Å². The van der Waals surface area contributed by atoms with Gasteiger partial charge in [-0.05, 0) is 22.9 Å². The van der Waals surface area contributed by atoms with Gasteiger partial charge in [0.15, 0.2) is 0 Å². The fourth-order valence-corrected chi connectivity index (χ4v) is 1.24. The van der Waals surface area contributed by atoms with Gasteiger partial charge in [0, 0.05) is 5.02 Å². The summed E-state index contributed by atoms with van der Waals surface area (Å²) >= 11 is 7.25. The van der Waals surface area contributed by atoms with Crippen molar-refractivity contribution < 1.29 is 0 Å². The van der Waals surface area contributed by atoms with Crippen molar-refractivity contribution in [1.29, 1.82) is 0 Å². The summed E-state index contributed by atoms with van der Waals surface area (Å²) in [5.74, 6) is 8.00. The largest absolute Gasteiger partial charge is 0.274 e. The minimum Gasteiger partial charge on any atom is -0.274 e. The second kappa shape index (κ2) is 10.2. The molecule has 0 spiro atoms. The maximum absolute atomic E-state index is 5.54. The van der Waals surface area contributed by atoms with Crippen molar-refractivity contribution in [3.05, 3.63) is 58.2 Å². The average molecular weight is 229 g/mol. The highest BCUT2D eigenvalue weighted by Gasteiger charge is 1.74. The quantitative estimate of drug-likeness (QED) is 0.538. The van der Waals surface area contributed by atoms with E-state index in [1.165, 1.54) is 0 Å². The molecule has 4 heteroatoms. The van der Waals surface area contributed by atoms with Crippen molar-refractivity contribution in [3.8, 4) is 0 Å². The average Bonchev–Trinajstić information content (AvgIpc) is 2.80. The first-order valence-corrected chi connectivity index (χ1v) is 5.23. The van der Waals surface area contributed by atoms with E-state index in [4.69, 9.17) is 11.6 Å². The summed E-state index contributed by atoms with van der Waals surface area (Å²) in [5.41, 5.74) is 0. The Kier molecular flexibility index (Phi) is 9.58. The molecular weight excluding hydrogens is 216 g/mol. The van der Waals surface area contributed by atoms with Crippen molar-refractivity contribution in [1.82, 2.24) is 0 Å². The van der Waals surface area contributed by atoms with Crippen molar-refractivity contribution in [2.24, 2.45) is 11.7 Å². The van der Waals surface area contributed by atoms with Gasteiger partial charge in [0.05, 0.1) is 0 Å². The number of hydrazine groups is 1. The van der Waals surface area contributed by atoms with Crippen molar-refractivity contribution in [2.75, 3.05) is 0 Å². The lowest BCUT2D eigenvalue weighted by Gasteiger charge is -1.80. The smallest absolute Gasteiger partial charge is 0.0405 e. The Morgan fingerprint density at radius 3 is 1.57 bits per heavy atom. The van der Waals surface area contributed by atoms with Gasteiger partial charge < -0.3 is 0 Å². The van der Waals surface area contributed by atoms with Crippen LogP contribution in [0.15, 0.2) is 53.2 Å². The second-order valence-electron chi connectivity index (χ2n) is 2.09. The van der Waals surface area contributed by atoms with Crippen LogP contribution in [0.5, 0.6) is 0 Å². The van der Waals surface area contributed by atoms with Crippen LogP contribution in [0, 0.1) is 0 Å². The molecule has 4 N–H and O–H groups in total. The van der Waals surface area contributed by atoms with Crippen LogP contribution >= 0.6 is 22.9 Å². The van der Waals surface area contributed by atoms with Crippen LogP contribution in [0.2, 0.25) is 5.02 Å². The summed E-state index contributed by atoms with van der Waals surface area (Å²) in [7, 11) is 0. The molecule has 76 valence electrons. The van der Waals surface area contributed by atoms with E-state index in [0.717, 1.165) is 5.02 Å². The summed E-state index contributed by atoms with van der Waals surface area (Å²) in [5, 5.41) is 4.88. The van der Waals surface area contributed by atoms with E-state index in [9.17, 15) is 0 Å². The van der Waals surface area contributed by atoms with Gasteiger partial charge in [-0.15, -0.1) is 0 Å². The van der Waals surface area contributed by atoms with Gasteiger partial charge in [-0.25, -0.2) is 0 Å². The Morgan fingerprint density at radius 2 is 1.36 bits per heavy atom. The van der Waals surface area contributed by atoms with Crippen molar-refractivity contribution in [2.45, 2.75) is 0 Å². The highest BCUT2D eigenvalue weighted by Crippen LogP contribution is 2.03. The summed E-state index contributed by atoms with van der Waals surface area (Å²) in [4.78, 5) is 0. The van der Waals surface area contributed by atoms with Crippen LogP contribution in [-0.2, 0) is 0 Å². The molecule has 0 aliphatic heterocycles. The topological polar surface area (TPSA) is 52.0 Å². The molecule has 0 aliphatic rings. The predicted molar refractivity (Wildman–Crippen MR) is 64.1 cm³/mol. The number of nitrogens with two attached hydrogens (primary N) is 2. The normalized spacial score (nSPS) is 7.64. The molecule has 14 heavy (non-hydrogen) atoms. The molecule has 0 atom stereocenters. The number of hydrogen-bond acceptors (Lipinski definition) is 3. The zero-order valence-electron chi connectivity index (χ0n) is 7.64. The minimum atomic E-state index is 0.794. The molecule has 0 radical (unpaired) electrons. The standard InChI is InChI=1S/C6H5Cl.C4H4S.H4N2/c7-6-4-2-1-3-5-6;1-2-4-5-3-1;1-2/h1-5H;1-4H;1-2H2. The summed E-state index contributed by atoms with van der Waals surface area (Å²) in [6, 6.07) is 13.5. The Morgan fingerprint density at radius 1 is 0.857 bits per heavy atom. The number of rotatable bonds is 0. The molecule has 1 aromatic carbocycles. The van der Waals surface area contributed by atoms with E-state index in [1.807, 2.05) is 53.2 Å². The van der Waals surface area contributed by atoms with Crippen molar-refractivity contribution >= 4 is 22.9 Å². The van der Waals surface area contributed by atoms with Gasteiger partial charge in [-0.3, -0.25) is 11.7 Å². The van der Waals surface area contributed by atoms with Crippen LogP contribution in [0.25, 0.3) is 0 Å². The third-order valence-electron chi connectivity index (χ3n) is 1.16. The maximum atomic E-state index is 5.54. The van der Waals surface area contributed by atoms with Gasteiger partial charge >= 0.3 is 0 Å². The molecule has 1 aromatic heterocycles. The molecule has 2 rings (SSSR count). The second-order valence-corrected chi connectivity index (χ2v) is 3.34. The molecule has 0 saturated heterocycles. The third kappa shape index (κ3) is 7.76. The zero-order valence-corrected chi connectivity index (χ0v) is 9.21. The molecule has 0 amide bonds. The number of thiophene rings is 1. The van der Waals surface area contributed by atoms with E-state index in [1.54, 1.807) is 11.3 Å². The molecule has 2 nitrogen and oxygen atoms in total. The molecule has 0 bridgehead atoms. The fraction of sp³-hybridized carbons (Fsp3) is 0. The monoisotopic (exact) mass is 228 g/mol.